The topological polar surface area (TPSA) is 105 Å². The second-order valence-corrected chi connectivity index (χ2v) is 10.8. The molecule has 1 aliphatic rings. The Bertz CT molecular complexity index is 1070. The molecule has 0 saturated carbocycles. The number of likely N-dealkylation sites (tertiary alicyclic amines) is 1. The van der Waals surface area contributed by atoms with Crippen LogP contribution in [-0.4, -0.2) is 44.9 Å². The second kappa shape index (κ2) is 10.5. The molecule has 1 fully saturated rings. The number of halogens is 3. The predicted molar refractivity (Wildman–Crippen MR) is 130 cm³/mol. The molecule has 1 saturated heterocycles. The van der Waals surface area contributed by atoms with Crippen molar-refractivity contribution in [2.45, 2.75) is 30.7 Å². The minimum absolute atomic E-state index is 0.00425. The van der Waals surface area contributed by atoms with Gasteiger partial charge in [0, 0.05) is 19.6 Å². The predicted octanol–water partition coefficient (Wildman–Crippen LogP) is 4.25. The first-order chi connectivity index (χ1) is 15.1. The largest absolute Gasteiger partial charge is 0.396 e. The summed E-state index contributed by atoms with van der Waals surface area (Å²) in [5, 5.41) is 3.56. The van der Waals surface area contributed by atoms with Gasteiger partial charge in [-0.05, 0) is 43.0 Å². The zero-order chi connectivity index (χ0) is 23.5. The third-order valence-electron chi connectivity index (χ3n) is 5.42. The number of carbonyl (C=O) groups excluding carboxylic acids is 1. The third-order valence-corrected chi connectivity index (χ3v) is 7.83. The van der Waals surface area contributed by atoms with Crippen LogP contribution < -0.4 is 15.8 Å². The maximum atomic E-state index is 13.3. The number of amides is 1. The van der Waals surface area contributed by atoms with E-state index < -0.39 is 16.1 Å². The summed E-state index contributed by atoms with van der Waals surface area (Å²) in [6.07, 6.45) is 1.73. The van der Waals surface area contributed by atoms with E-state index in [2.05, 4.69) is 17.0 Å². The quantitative estimate of drug-likeness (QED) is 0.475. The summed E-state index contributed by atoms with van der Waals surface area (Å²) in [5.74, 6) is 0.210. The van der Waals surface area contributed by atoms with E-state index in [1.807, 2.05) is 0 Å². The second-order valence-electron chi connectivity index (χ2n) is 7.84. The summed E-state index contributed by atoms with van der Waals surface area (Å²) in [5.41, 5.74) is 6.40. The van der Waals surface area contributed by atoms with Gasteiger partial charge >= 0.3 is 0 Å². The van der Waals surface area contributed by atoms with Gasteiger partial charge in [-0.25, -0.2) is 8.42 Å². The fraction of sp³-hybridized carbons (Fsp3) is 0.381. The Morgan fingerprint density at radius 1 is 1.12 bits per heavy atom. The van der Waals surface area contributed by atoms with E-state index in [4.69, 9.17) is 40.5 Å². The number of rotatable bonds is 7. The molecule has 174 valence electrons. The third kappa shape index (κ3) is 5.99. The van der Waals surface area contributed by atoms with Crippen molar-refractivity contribution >= 4 is 62.1 Å². The van der Waals surface area contributed by atoms with Crippen LogP contribution in [0.25, 0.3) is 0 Å². The molecule has 1 amide bonds. The number of para-hydroxylation sites is 1. The molecule has 1 aliphatic heterocycles. The van der Waals surface area contributed by atoms with Gasteiger partial charge in [-0.15, -0.1) is 0 Å². The molecule has 0 aromatic heterocycles. The van der Waals surface area contributed by atoms with E-state index in [1.54, 1.807) is 29.2 Å². The molecule has 1 unspecified atom stereocenters. The number of hydrogen-bond acceptors (Lipinski definition) is 5. The van der Waals surface area contributed by atoms with Crippen molar-refractivity contribution in [3.63, 3.8) is 0 Å². The summed E-state index contributed by atoms with van der Waals surface area (Å²) >= 11 is 18.2. The molecule has 1 atom stereocenters. The summed E-state index contributed by atoms with van der Waals surface area (Å²) in [4.78, 5) is 14.8. The standard InChI is InChI=1S/C21H25Cl3N4O3S/c1-13-6-8-28(9-7-13)21(29)19(12-26-18-5-3-2-4-15(18)22)27-32(30,31)14-10-16(23)20(25)17(24)11-14/h2-5,10-11,13,19,26-27H,6-9,12,25H2,1H3. The first-order valence-electron chi connectivity index (χ1n) is 10.1. The van der Waals surface area contributed by atoms with Gasteiger partial charge in [0.1, 0.15) is 6.04 Å². The lowest BCUT2D eigenvalue weighted by Crippen LogP contribution is -2.53. The van der Waals surface area contributed by atoms with Crippen LogP contribution in [-0.2, 0) is 14.8 Å². The van der Waals surface area contributed by atoms with Crippen LogP contribution in [0.4, 0.5) is 11.4 Å². The number of piperidine rings is 1. The molecule has 3 rings (SSSR count). The molecular formula is C21H25Cl3N4O3S. The van der Waals surface area contributed by atoms with Crippen LogP contribution in [0.15, 0.2) is 41.3 Å². The summed E-state index contributed by atoms with van der Waals surface area (Å²) in [7, 11) is -4.13. The van der Waals surface area contributed by atoms with Crippen molar-refractivity contribution in [2.24, 2.45) is 5.92 Å². The van der Waals surface area contributed by atoms with Gasteiger partial charge in [0.25, 0.3) is 0 Å². The van der Waals surface area contributed by atoms with Gasteiger partial charge in [0.2, 0.25) is 15.9 Å². The Hall–Kier alpha value is -1.71. The Morgan fingerprint density at radius 3 is 2.31 bits per heavy atom. The highest BCUT2D eigenvalue weighted by atomic mass is 35.5. The molecule has 2 aromatic carbocycles. The highest BCUT2D eigenvalue weighted by Gasteiger charge is 2.31. The monoisotopic (exact) mass is 518 g/mol. The number of nitrogens with zero attached hydrogens (tertiary/aromatic N) is 1. The number of benzene rings is 2. The van der Waals surface area contributed by atoms with Crippen LogP contribution in [0.1, 0.15) is 19.8 Å². The zero-order valence-corrected chi connectivity index (χ0v) is 20.5. The average molecular weight is 520 g/mol. The van der Waals surface area contributed by atoms with E-state index in [1.165, 1.54) is 12.1 Å². The van der Waals surface area contributed by atoms with E-state index in [9.17, 15) is 13.2 Å². The number of nitrogen functional groups attached to an aromatic ring is 1. The Balaban J connectivity index is 1.85. The smallest absolute Gasteiger partial charge is 0.242 e. The van der Waals surface area contributed by atoms with Crippen LogP contribution in [0.5, 0.6) is 0 Å². The van der Waals surface area contributed by atoms with Gasteiger partial charge < -0.3 is 16.0 Å². The van der Waals surface area contributed by atoms with Crippen molar-refractivity contribution in [3.8, 4) is 0 Å². The molecule has 0 aliphatic carbocycles. The van der Waals surface area contributed by atoms with Crippen molar-refractivity contribution in [1.29, 1.82) is 0 Å². The average Bonchev–Trinajstić information content (AvgIpc) is 2.75. The molecule has 0 radical (unpaired) electrons. The summed E-state index contributed by atoms with van der Waals surface area (Å²) in [6.45, 7) is 3.29. The molecule has 7 nitrogen and oxygen atoms in total. The van der Waals surface area contributed by atoms with Crippen molar-refractivity contribution in [3.05, 3.63) is 51.5 Å². The number of nitrogens with one attached hydrogen (secondary N) is 2. The number of anilines is 2. The molecule has 1 heterocycles. The summed E-state index contributed by atoms with van der Waals surface area (Å²) < 4.78 is 28.7. The lowest BCUT2D eigenvalue weighted by Gasteiger charge is -2.33. The minimum atomic E-state index is -4.13. The van der Waals surface area contributed by atoms with Gasteiger partial charge in [-0.3, -0.25) is 4.79 Å². The molecule has 32 heavy (non-hydrogen) atoms. The Kier molecular flexibility index (Phi) is 8.16. The van der Waals surface area contributed by atoms with Crippen molar-refractivity contribution < 1.29 is 13.2 Å². The Labute approximate surface area is 203 Å². The van der Waals surface area contributed by atoms with Gasteiger partial charge in [-0.2, -0.15) is 4.72 Å². The van der Waals surface area contributed by atoms with E-state index in [0.717, 1.165) is 12.8 Å². The summed E-state index contributed by atoms with van der Waals surface area (Å²) in [6, 6.07) is 8.37. The normalized spacial score (nSPS) is 16.1. The van der Waals surface area contributed by atoms with E-state index in [-0.39, 0.29) is 33.1 Å². The Morgan fingerprint density at radius 2 is 1.72 bits per heavy atom. The molecule has 4 N–H and O–H groups in total. The molecule has 2 aromatic rings. The maximum absolute atomic E-state index is 13.3. The van der Waals surface area contributed by atoms with Crippen LogP contribution in [0, 0.1) is 5.92 Å². The SMILES string of the molecule is CC1CCN(C(=O)C(CNc2ccccc2Cl)NS(=O)(=O)c2cc(Cl)c(N)c(Cl)c2)CC1. The van der Waals surface area contributed by atoms with Crippen molar-refractivity contribution in [1.82, 2.24) is 9.62 Å². The van der Waals surface area contributed by atoms with Crippen molar-refractivity contribution in [2.75, 3.05) is 30.7 Å². The fourth-order valence-electron chi connectivity index (χ4n) is 3.42. The number of hydrogen-bond donors (Lipinski definition) is 3. The number of sulfonamides is 1. The lowest BCUT2D eigenvalue weighted by atomic mass is 9.99. The van der Waals surface area contributed by atoms with E-state index in [0.29, 0.717) is 29.7 Å². The van der Waals surface area contributed by atoms with Gasteiger partial charge in [-0.1, -0.05) is 53.9 Å². The molecule has 11 heteroatoms. The molecule has 0 spiro atoms. The molecule has 0 bridgehead atoms. The first kappa shape index (κ1) is 24.9. The van der Waals surface area contributed by atoms with Gasteiger partial charge in [0.05, 0.1) is 31.3 Å². The van der Waals surface area contributed by atoms with Crippen LogP contribution >= 0.6 is 34.8 Å². The molecular weight excluding hydrogens is 495 g/mol. The zero-order valence-electron chi connectivity index (χ0n) is 17.4. The van der Waals surface area contributed by atoms with Crippen LogP contribution in [0.3, 0.4) is 0 Å². The number of carbonyl (C=O) groups is 1. The highest BCUT2D eigenvalue weighted by Crippen LogP contribution is 2.31. The fourth-order valence-corrected chi connectivity index (χ4v) is 5.48. The number of nitrogens with two attached hydrogens (primary N) is 1. The first-order valence-corrected chi connectivity index (χ1v) is 12.7. The van der Waals surface area contributed by atoms with Crippen LogP contribution in [0.2, 0.25) is 15.1 Å². The highest BCUT2D eigenvalue weighted by molar-refractivity contribution is 7.89. The van der Waals surface area contributed by atoms with E-state index >= 15 is 0 Å². The maximum Gasteiger partial charge on any atom is 0.242 e. The lowest BCUT2D eigenvalue weighted by molar-refractivity contribution is -0.134. The minimum Gasteiger partial charge on any atom is -0.396 e. The van der Waals surface area contributed by atoms with Gasteiger partial charge in [0.15, 0.2) is 0 Å².